The summed E-state index contributed by atoms with van der Waals surface area (Å²) in [7, 11) is 0. The Hall–Kier alpha value is -1.35. The minimum atomic E-state index is 0.714. The Kier molecular flexibility index (Phi) is 4.37. The third kappa shape index (κ3) is 3.33. The smallest absolute Gasteiger partial charge is 0.0901 e. The highest BCUT2D eigenvalue weighted by Gasteiger charge is 2.02. The molecule has 1 N–H and O–H groups in total. The fourth-order valence-electron chi connectivity index (χ4n) is 1.69. The maximum Gasteiger partial charge on any atom is 0.0901 e. The average Bonchev–Trinajstić information content (AvgIpc) is 2.83. The molecule has 0 saturated carbocycles. The summed E-state index contributed by atoms with van der Waals surface area (Å²) in [6, 6.07) is 8.53. The SMILES string of the molecule is CCC(C)CNc1ccc(-c2csc(C)n2)cc1. The van der Waals surface area contributed by atoms with Crippen molar-refractivity contribution in [1.29, 1.82) is 0 Å². The molecule has 2 aromatic rings. The van der Waals surface area contributed by atoms with E-state index in [1.165, 1.54) is 17.7 Å². The second-order valence-corrected chi connectivity index (χ2v) is 5.79. The predicted molar refractivity (Wildman–Crippen MR) is 80.2 cm³/mol. The highest BCUT2D eigenvalue weighted by molar-refractivity contribution is 7.09. The minimum absolute atomic E-state index is 0.714. The number of nitrogens with zero attached hydrogens (tertiary/aromatic N) is 1. The number of benzene rings is 1. The second-order valence-electron chi connectivity index (χ2n) is 4.72. The lowest BCUT2D eigenvalue weighted by Gasteiger charge is -2.11. The van der Waals surface area contributed by atoms with Crippen LogP contribution in [0.15, 0.2) is 29.6 Å². The van der Waals surface area contributed by atoms with Gasteiger partial charge in [0.05, 0.1) is 10.7 Å². The van der Waals surface area contributed by atoms with E-state index < -0.39 is 0 Å². The number of rotatable bonds is 5. The van der Waals surface area contributed by atoms with Gasteiger partial charge >= 0.3 is 0 Å². The molecule has 1 aromatic carbocycles. The van der Waals surface area contributed by atoms with Gasteiger partial charge in [-0.2, -0.15) is 0 Å². The number of aromatic nitrogens is 1. The molecule has 2 nitrogen and oxygen atoms in total. The number of hydrogen-bond donors (Lipinski definition) is 1. The molecule has 3 heteroatoms. The van der Waals surface area contributed by atoms with Gasteiger partial charge in [-0.1, -0.05) is 32.4 Å². The van der Waals surface area contributed by atoms with E-state index in [0.717, 1.165) is 17.2 Å². The molecule has 96 valence electrons. The van der Waals surface area contributed by atoms with Gasteiger partial charge < -0.3 is 5.32 Å². The molecule has 0 spiro atoms. The van der Waals surface area contributed by atoms with Crippen molar-refractivity contribution < 1.29 is 0 Å². The van der Waals surface area contributed by atoms with Crippen LogP contribution in [0.1, 0.15) is 25.3 Å². The maximum absolute atomic E-state index is 4.50. The molecule has 1 heterocycles. The molecule has 0 radical (unpaired) electrons. The van der Waals surface area contributed by atoms with Crippen LogP contribution in [-0.2, 0) is 0 Å². The first-order valence-electron chi connectivity index (χ1n) is 6.45. The molecule has 1 unspecified atom stereocenters. The minimum Gasteiger partial charge on any atom is -0.385 e. The molecule has 2 rings (SSSR count). The lowest BCUT2D eigenvalue weighted by molar-refractivity contribution is 0.593. The third-order valence-corrected chi connectivity index (χ3v) is 3.92. The molecule has 0 amide bonds. The van der Waals surface area contributed by atoms with Crippen molar-refractivity contribution in [3.63, 3.8) is 0 Å². The van der Waals surface area contributed by atoms with Crippen LogP contribution in [0.25, 0.3) is 11.3 Å². The first-order chi connectivity index (χ1) is 8.69. The zero-order valence-corrected chi connectivity index (χ0v) is 12.1. The molecule has 0 aliphatic carbocycles. The van der Waals surface area contributed by atoms with Gasteiger partial charge in [0.15, 0.2) is 0 Å². The lowest BCUT2D eigenvalue weighted by Crippen LogP contribution is -2.09. The van der Waals surface area contributed by atoms with E-state index in [4.69, 9.17) is 0 Å². The van der Waals surface area contributed by atoms with Gasteiger partial charge in [-0.3, -0.25) is 0 Å². The summed E-state index contributed by atoms with van der Waals surface area (Å²) in [4.78, 5) is 4.50. The molecule has 0 saturated heterocycles. The first-order valence-corrected chi connectivity index (χ1v) is 7.33. The van der Waals surface area contributed by atoms with Crippen molar-refractivity contribution in [3.8, 4) is 11.3 Å². The van der Waals surface area contributed by atoms with Crippen LogP contribution in [0.5, 0.6) is 0 Å². The Labute approximate surface area is 113 Å². The third-order valence-electron chi connectivity index (χ3n) is 3.15. The van der Waals surface area contributed by atoms with Crippen LogP contribution >= 0.6 is 11.3 Å². The second kappa shape index (κ2) is 6.01. The molecule has 0 fully saturated rings. The molecular formula is C15H20N2S. The fourth-order valence-corrected chi connectivity index (χ4v) is 2.31. The van der Waals surface area contributed by atoms with E-state index in [1.807, 2.05) is 6.92 Å². The summed E-state index contributed by atoms with van der Waals surface area (Å²) in [5.74, 6) is 0.714. The van der Waals surface area contributed by atoms with Gasteiger partial charge in [-0.15, -0.1) is 11.3 Å². The number of anilines is 1. The van der Waals surface area contributed by atoms with E-state index in [0.29, 0.717) is 5.92 Å². The Morgan fingerprint density at radius 3 is 2.56 bits per heavy atom. The molecular weight excluding hydrogens is 240 g/mol. The Balaban J connectivity index is 2.01. The summed E-state index contributed by atoms with van der Waals surface area (Å²) in [5.41, 5.74) is 3.45. The van der Waals surface area contributed by atoms with Crippen molar-refractivity contribution in [3.05, 3.63) is 34.7 Å². The maximum atomic E-state index is 4.50. The van der Waals surface area contributed by atoms with Crippen molar-refractivity contribution in [2.45, 2.75) is 27.2 Å². The van der Waals surface area contributed by atoms with Crippen molar-refractivity contribution in [1.82, 2.24) is 4.98 Å². The van der Waals surface area contributed by atoms with Gasteiger partial charge in [-0.05, 0) is 25.0 Å². The molecule has 0 bridgehead atoms. The Morgan fingerprint density at radius 1 is 1.28 bits per heavy atom. The summed E-state index contributed by atoms with van der Waals surface area (Å²) >= 11 is 1.69. The predicted octanol–water partition coefficient (Wildman–Crippen LogP) is 4.58. The molecule has 0 aliphatic rings. The standard InChI is InChI=1S/C15H20N2S/c1-4-11(2)9-16-14-7-5-13(6-8-14)15-10-18-12(3)17-15/h5-8,10-11,16H,4,9H2,1-3H3. The van der Waals surface area contributed by atoms with Gasteiger partial charge in [-0.25, -0.2) is 4.98 Å². The van der Waals surface area contributed by atoms with Crippen LogP contribution in [0, 0.1) is 12.8 Å². The van der Waals surface area contributed by atoms with Crippen LogP contribution in [0.2, 0.25) is 0 Å². The normalized spacial score (nSPS) is 12.4. The van der Waals surface area contributed by atoms with Crippen LogP contribution < -0.4 is 5.32 Å². The molecule has 18 heavy (non-hydrogen) atoms. The number of aryl methyl sites for hydroxylation is 1. The quantitative estimate of drug-likeness (QED) is 0.851. The van der Waals surface area contributed by atoms with Crippen molar-refractivity contribution in [2.24, 2.45) is 5.92 Å². The average molecular weight is 260 g/mol. The van der Waals surface area contributed by atoms with E-state index in [-0.39, 0.29) is 0 Å². The van der Waals surface area contributed by atoms with Crippen LogP contribution in [-0.4, -0.2) is 11.5 Å². The van der Waals surface area contributed by atoms with Gasteiger partial charge in [0.25, 0.3) is 0 Å². The Morgan fingerprint density at radius 2 is 2.00 bits per heavy atom. The first kappa shape index (κ1) is 13.1. The monoisotopic (exact) mass is 260 g/mol. The van der Waals surface area contributed by atoms with E-state index >= 15 is 0 Å². The van der Waals surface area contributed by atoms with E-state index in [1.54, 1.807) is 11.3 Å². The summed E-state index contributed by atoms with van der Waals surface area (Å²) in [6.07, 6.45) is 1.21. The summed E-state index contributed by atoms with van der Waals surface area (Å²) in [5, 5.41) is 6.68. The van der Waals surface area contributed by atoms with Crippen LogP contribution in [0.4, 0.5) is 5.69 Å². The Bertz CT molecular complexity index is 487. The largest absolute Gasteiger partial charge is 0.385 e. The summed E-state index contributed by atoms with van der Waals surface area (Å²) < 4.78 is 0. The highest BCUT2D eigenvalue weighted by atomic mass is 32.1. The van der Waals surface area contributed by atoms with Crippen molar-refractivity contribution in [2.75, 3.05) is 11.9 Å². The lowest BCUT2D eigenvalue weighted by atomic mass is 10.1. The van der Waals surface area contributed by atoms with Gasteiger partial charge in [0, 0.05) is 23.2 Å². The van der Waals surface area contributed by atoms with Gasteiger partial charge in [0.1, 0.15) is 0 Å². The number of thiazole rings is 1. The molecule has 1 aromatic heterocycles. The zero-order chi connectivity index (χ0) is 13.0. The topological polar surface area (TPSA) is 24.9 Å². The number of nitrogens with one attached hydrogen (secondary N) is 1. The van der Waals surface area contributed by atoms with Crippen molar-refractivity contribution >= 4 is 17.0 Å². The fraction of sp³-hybridized carbons (Fsp3) is 0.400. The zero-order valence-electron chi connectivity index (χ0n) is 11.2. The van der Waals surface area contributed by atoms with E-state index in [9.17, 15) is 0 Å². The number of hydrogen-bond acceptors (Lipinski definition) is 3. The summed E-state index contributed by atoms with van der Waals surface area (Å²) in [6.45, 7) is 7.56. The van der Waals surface area contributed by atoms with Crippen LogP contribution in [0.3, 0.4) is 0 Å². The molecule has 0 aliphatic heterocycles. The van der Waals surface area contributed by atoms with E-state index in [2.05, 4.69) is 53.8 Å². The highest BCUT2D eigenvalue weighted by Crippen LogP contribution is 2.23. The van der Waals surface area contributed by atoms with Gasteiger partial charge in [0.2, 0.25) is 0 Å². The molecule has 1 atom stereocenters.